The van der Waals surface area contributed by atoms with E-state index in [1.165, 1.54) is 18.4 Å². The Bertz CT molecular complexity index is 748. The Morgan fingerprint density at radius 3 is 3.00 bits per heavy atom. The molecule has 1 aromatic carbocycles. The maximum absolute atomic E-state index is 10.8. The molecule has 1 fully saturated rings. The SMILES string of the molecule is Cc1cc(CC[C@@H]2CCCN2Cc2ccccc2OCC(=O)O)ccn1. The number of hydrogen-bond donors (Lipinski definition) is 1. The Morgan fingerprint density at radius 2 is 2.19 bits per heavy atom. The molecule has 26 heavy (non-hydrogen) atoms. The lowest BCUT2D eigenvalue weighted by Crippen LogP contribution is -2.29. The predicted octanol–water partition coefficient (Wildman–Crippen LogP) is 3.45. The van der Waals surface area contributed by atoms with Crippen molar-refractivity contribution < 1.29 is 14.6 Å². The zero-order valence-corrected chi connectivity index (χ0v) is 15.2. The third-order valence-electron chi connectivity index (χ3n) is 4.92. The second-order valence-corrected chi connectivity index (χ2v) is 6.90. The van der Waals surface area contributed by atoms with Crippen molar-refractivity contribution in [1.29, 1.82) is 0 Å². The maximum Gasteiger partial charge on any atom is 0.341 e. The van der Waals surface area contributed by atoms with Crippen LogP contribution >= 0.6 is 0 Å². The Labute approximate surface area is 154 Å². The highest BCUT2D eigenvalue weighted by Crippen LogP contribution is 2.27. The number of benzene rings is 1. The number of aromatic nitrogens is 1. The summed E-state index contributed by atoms with van der Waals surface area (Å²) in [5.41, 5.74) is 3.46. The number of rotatable bonds is 8. The van der Waals surface area contributed by atoms with E-state index in [4.69, 9.17) is 9.84 Å². The highest BCUT2D eigenvalue weighted by molar-refractivity contribution is 5.68. The number of likely N-dealkylation sites (tertiary alicyclic amines) is 1. The summed E-state index contributed by atoms with van der Waals surface area (Å²) in [6, 6.07) is 12.6. The second-order valence-electron chi connectivity index (χ2n) is 6.90. The van der Waals surface area contributed by atoms with Gasteiger partial charge in [0.1, 0.15) is 5.75 Å². The van der Waals surface area contributed by atoms with Gasteiger partial charge in [0.2, 0.25) is 0 Å². The summed E-state index contributed by atoms with van der Waals surface area (Å²) in [4.78, 5) is 17.5. The fourth-order valence-electron chi connectivity index (χ4n) is 3.66. The van der Waals surface area contributed by atoms with Crippen LogP contribution in [0.3, 0.4) is 0 Å². The van der Waals surface area contributed by atoms with E-state index in [2.05, 4.69) is 22.0 Å². The van der Waals surface area contributed by atoms with Gasteiger partial charge in [0, 0.05) is 30.0 Å². The minimum atomic E-state index is -0.952. The van der Waals surface area contributed by atoms with E-state index in [1.54, 1.807) is 0 Å². The van der Waals surface area contributed by atoms with Crippen LogP contribution < -0.4 is 4.74 Å². The number of nitrogens with zero attached hydrogens (tertiary/aromatic N) is 2. The molecule has 1 aromatic heterocycles. The van der Waals surface area contributed by atoms with Crippen molar-refractivity contribution in [3.05, 3.63) is 59.4 Å². The molecular formula is C21H26N2O3. The van der Waals surface area contributed by atoms with Gasteiger partial charge in [0.15, 0.2) is 6.61 Å². The van der Waals surface area contributed by atoms with Crippen LogP contribution in [0.15, 0.2) is 42.6 Å². The zero-order chi connectivity index (χ0) is 18.4. The van der Waals surface area contributed by atoms with Crippen molar-refractivity contribution in [3.8, 4) is 5.75 Å². The fraction of sp³-hybridized carbons (Fsp3) is 0.429. The summed E-state index contributed by atoms with van der Waals surface area (Å²) >= 11 is 0. The summed E-state index contributed by atoms with van der Waals surface area (Å²) in [5, 5.41) is 8.85. The molecule has 1 saturated heterocycles. The van der Waals surface area contributed by atoms with Crippen LogP contribution in [-0.2, 0) is 17.8 Å². The molecule has 0 unspecified atom stereocenters. The second kappa shape index (κ2) is 8.81. The fourth-order valence-corrected chi connectivity index (χ4v) is 3.66. The molecule has 1 aliphatic rings. The molecular weight excluding hydrogens is 328 g/mol. The number of ether oxygens (including phenoxy) is 1. The molecule has 2 heterocycles. The number of pyridine rings is 1. The van der Waals surface area contributed by atoms with Crippen LogP contribution in [0.2, 0.25) is 0 Å². The van der Waals surface area contributed by atoms with Crippen molar-refractivity contribution in [2.24, 2.45) is 0 Å². The minimum Gasteiger partial charge on any atom is -0.482 e. The lowest BCUT2D eigenvalue weighted by atomic mass is 10.0. The molecule has 0 bridgehead atoms. The molecule has 0 saturated carbocycles. The Balaban J connectivity index is 1.61. The smallest absolute Gasteiger partial charge is 0.341 e. The van der Waals surface area contributed by atoms with Gasteiger partial charge in [0.05, 0.1) is 0 Å². The first-order valence-corrected chi connectivity index (χ1v) is 9.20. The van der Waals surface area contributed by atoms with E-state index in [0.29, 0.717) is 11.8 Å². The normalized spacial score (nSPS) is 17.3. The number of hydrogen-bond acceptors (Lipinski definition) is 4. The van der Waals surface area contributed by atoms with Crippen LogP contribution in [0.25, 0.3) is 0 Å². The van der Waals surface area contributed by atoms with Crippen LogP contribution in [0.4, 0.5) is 0 Å². The quantitative estimate of drug-likeness (QED) is 0.787. The Hall–Kier alpha value is -2.40. The number of carbonyl (C=O) groups is 1. The number of carboxylic acids is 1. The van der Waals surface area contributed by atoms with Crippen molar-refractivity contribution in [2.45, 2.75) is 45.2 Å². The molecule has 1 aliphatic heterocycles. The van der Waals surface area contributed by atoms with E-state index >= 15 is 0 Å². The summed E-state index contributed by atoms with van der Waals surface area (Å²) in [6.07, 6.45) is 6.48. The van der Waals surface area contributed by atoms with Crippen molar-refractivity contribution in [2.75, 3.05) is 13.2 Å². The first-order chi connectivity index (χ1) is 12.6. The van der Waals surface area contributed by atoms with Crippen molar-refractivity contribution >= 4 is 5.97 Å². The van der Waals surface area contributed by atoms with Gasteiger partial charge in [0.25, 0.3) is 0 Å². The molecule has 1 atom stereocenters. The van der Waals surface area contributed by atoms with Crippen LogP contribution in [0.1, 0.15) is 36.1 Å². The summed E-state index contributed by atoms with van der Waals surface area (Å²) < 4.78 is 5.45. The van der Waals surface area contributed by atoms with E-state index in [9.17, 15) is 4.79 Å². The van der Waals surface area contributed by atoms with Gasteiger partial charge in [-0.15, -0.1) is 0 Å². The van der Waals surface area contributed by atoms with Crippen LogP contribution in [-0.4, -0.2) is 40.2 Å². The maximum atomic E-state index is 10.8. The average Bonchev–Trinajstić information content (AvgIpc) is 3.06. The lowest BCUT2D eigenvalue weighted by Gasteiger charge is -2.25. The predicted molar refractivity (Wildman–Crippen MR) is 100 cm³/mol. The van der Waals surface area contributed by atoms with E-state index in [0.717, 1.165) is 37.2 Å². The lowest BCUT2D eigenvalue weighted by molar-refractivity contribution is -0.139. The molecule has 0 spiro atoms. The molecule has 1 N–H and O–H groups in total. The Morgan fingerprint density at radius 1 is 1.35 bits per heavy atom. The van der Waals surface area contributed by atoms with Crippen LogP contribution in [0, 0.1) is 6.92 Å². The van der Waals surface area contributed by atoms with Crippen molar-refractivity contribution in [1.82, 2.24) is 9.88 Å². The Kier molecular flexibility index (Phi) is 6.23. The summed E-state index contributed by atoms with van der Waals surface area (Å²) in [5.74, 6) is -0.281. The number of aryl methyl sites for hydroxylation is 2. The molecule has 3 rings (SSSR count). The summed E-state index contributed by atoms with van der Waals surface area (Å²) in [7, 11) is 0. The largest absolute Gasteiger partial charge is 0.482 e. The monoisotopic (exact) mass is 354 g/mol. The van der Waals surface area contributed by atoms with E-state index in [1.807, 2.05) is 37.4 Å². The first kappa shape index (κ1) is 18.4. The van der Waals surface area contributed by atoms with Gasteiger partial charge in [-0.25, -0.2) is 4.79 Å². The molecule has 0 radical (unpaired) electrons. The standard InChI is InChI=1S/C21H26N2O3/c1-16-13-17(10-11-22-16)8-9-19-6-4-12-23(19)14-18-5-2-3-7-20(18)26-15-21(24)25/h2-3,5,7,10-11,13,19H,4,6,8-9,12,14-15H2,1H3,(H,24,25)/t19-/m0/s1. The molecule has 0 aliphatic carbocycles. The average molecular weight is 354 g/mol. The van der Waals surface area contributed by atoms with E-state index < -0.39 is 5.97 Å². The molecule has 5 nitrogen and oxygen atoms in total. The van der Waals surface area contributed by atoms with Gasteiger partial charge < -0.3 is 9.84 Å². The molecule has 2 aromatic rings. The number of para-hydroxylation sites is 1. The highest BCUT2D eigenvalue weighted by atomic mass is 16.5. The van der Waals surface area contributed by atoms with Gasteiger partial charge in [-0.3, -0.25) is 9.88 Å². The van der Waals surface area contributed by atoms with Crippen molar-refractivity contribution in [3.63, 3.8) is 0 Å². The molecule has 0 amide bonds. The highest BCUT2D eigenvalue weighted by Gasteiger charge is 2.25. The topological polar surface area (TPSA) is 62.7 Å². The third kappa shape index (κ3) is 5.05. The van der Waals surface area contributed by atoms with E-state index in [-0.39, 0.29) is 6.61 Å². The number of aliphatic carboxylic acids is 1. The molecule has 5 heteroatoms. The van der Waals surface area contributed by atoms with Gasteiger partial charge in [-0.2, -0.15) is 0 Å². The first-order valence-electron chi connectivity index (χ1n) is 9.20. The summed E-state index contributed by atoms with van der Waals surface area (Å²) in [6.45, 7) is 3.60. The van der Waals surface area contributed by atoms with Crippen LogP contribution in [0.5, 0.6) is 5.75 Å². The van der Waals surface area contributed by atoms with Gasteiger partial charge in [-0.1, -0.05) is 18.2 Å². The number of carboxylic acid groups (broad SMARTS) is 1. The molecule has 138 valence electrons. The minimum absolute atomic E-state index is 0.304. The van der Waals surface area contributed by atoms with Gasteiger partial charge in [-0.05, 0) is 62.9 Å². The van der Waals surface area contributed by atoms with Gasteiger partial charge >= 0.3 is 5.97 Å². The zero-order valence-electron chi connectivity index (χ0n) is 15.2. The third-order valence-corrected chi connectivity index (χ3v) is 4.92.